The maximum atomic E-state index is 12.7. The van der Waals surface area contributed by atoms with E-state index in [1.54, 1.807) is 6.20 Å². The lowest BCUT2D eigenvalue weighted by Gasteiger charge is -2.39. The fraction of sp³-hybridized carbons (Fsp3) is 0.688. The average Bonchev–Trinajstić information content (AvgIpc) is 2.62. The molecule has 0 aromatic carbocycles. The molecule has 0 aliphatic carbocycles. The number of hydrogen-bond acceptors (Lipinski definition) is 5. The zero-order valence-corrected chi connectivity index (χ0v) is 13.7. The summed E-state index contributed by atoms with van der Waals surface area (Å²) in [4.78, 5) is 37.5. The van der Waals surface area contributed by atoms with Crippen LogP contribution < -0.4 is 10.5 Å². The van der Waals surface area contributed by atoms with E-state index in [4.69, 9.17) is 0 Å². The molecule has 3 rings (SSSR count). The molecule has 2 aliphatic heterocycles. The van der Waals surface area contributed by atoms with Gasteiger partial charge in [0.1, 0.15) is 0 Å². The van der Waals surface area contributed by atoms with E-state index in [-0.39, 0.29) is 17.5 Å². The van der Waals surface area contributed by atoms with Crippen LogP contribution in [-0.4, -0.2) is 71.0 Å². The van der Waals surface area contributed by atoms with Crippen LogP contribution in [0.1, 0.15) is 26.2 Å². The Hall–Kier alpha value is -1.89. The molecule has 126 valence electrons. The summed E-state index contributed by atoms with van der Waals surface area (Å²) in [5, 5.41) is 0. The zero-order chi connectivity index (χ0) is 16.2. The lowest BCUT2D eigenvalue weighted by molar-refractivity contribution is -0.137. The van der Waals surface area contributed by atoms with Crippen molar-refractivity contribution < 1.29 is 4.79 Å². The smallest absolute Gasteiger partial charge is 0.290 e. The van der Waals surface area contributed by atoms with Crippen molar-refractivity contribution in [2.24, 2.45) is 0 Å². The Bertz CT molecular complexity index is 588. The van der Waals surface area contributed by atoms with Gasteiger partial charge in [-0.3, -0.25) is 14.5 Å². The number of carbonyl (C=O) groups excluding carboxylic acids is 1. The first-order chi connectivity index (χ1) is 11.2. The van der Waals surface area contributed by atoms with Crippen molar-refractivity contribution in [3.05, 3.63) is 22.7 Å². The van der Waals surface area contributed by atoms with Crippen molar-refractivity contribution in [1.29, 1.82) is 0 Å². The number of anilines is 1. The lowest BCUT2D eigenvalue weighted by Crippen LogP contribution is -2.55. The highest BCUT2D eigenvalue weighted by Crippen LogP contribution is 2.15. The highest BCUT2D eigenvalue weighted by molar-refractivity contribution is 5.81. The maximum absolute atomic E-state index is 12.7. The van der Waals surface area contributed by atoms with Crippen molar-refractivity contribution in [1.82, 2.24) is 19.8 Å². The third-order valence-corrected chi connectivity index (χ3v) is 4.88. The Kier molecular flexibility index (Phi) is 4.95. The van der Waals surface area contributed by atoms with Crippen LogP contribution in [0.3, 0.4) is 0 Å². The highest BCUT2D eigenvalue weighted by Gasteiger charge is 2.29. The molecule has 2 fully saturated rings. The third-order valence-electron chi connectivity index (χ3n) is 4.88. The van der Waals surface area contributed by atoms with Gasteiger partial charge in [0.15, 0.2) is 5.82 Å². The Balaban J connectivity index is 1.57. The minimum Gasteiger partial charge on any atom is -0.348 e. The van der Waals surface area contributed by atoms with Gasteiger partial charge >= 0.3 is 0 Å². The van der Waals surface area contributed by atoms with Crippen LogP contribution in [-0.2, 0) is 4.79 Å². The van der Waals surface area contributed by atoms with Gasteiger partial charge < -0.3 is 14.8 Å². The SMILES string of the molecule is CC(C(=O)N1CCN(c2ncc[nH]c2=O)CC1)N1CCCCC1. The van der Waals surface area contributed by atoms with Crippen molar-refractivity contribution in [3.8, 4) is 0 Å². The largest absolute Gasteiger partial charge is 0.348 e. The van der Waals surface area contributed by atoms with Crippen LogP contribution in [0, 0.1) is 0 Å². The number of piperidine rings is 1. The Labute approximate surface area is 136 Å². The van der Waals surface area contributed by atoms with Gasteiger partial charge in [0.05, 0.1) is 6.04 Å². The van der Waals surface area contributed by atoms with Crippen LogP contribution in [0.15, 0.2) is 17.2 Å². The number of hydrogen-bond donors (Lipinski definition) is 1. The Morgan fingerprint density at radius 2 is 1.83 bits per heavy atom. The molecule has 1 amide bonds. The minimum absolute atomic E-state index is 0.0416. The number of rotatable bonds is 3. The molecule has 7 heteroatoms. The number of aromatic amines is 1. The van der Waals surface area contributed by atoms with Gasteiger partial charge in [0.25, 0.3) is 5.56 Å². The molecule has 1 unspecified atom stereocenters. The molecule has 1 atom stereocenters. The number of carbonyl (C=O) groups is 1. The standard InChI is InChI=1S/C16H25N5O2/c1-13(19-7-3-2-4-8-19)16(23)21-11-9-20(10-12-21)14-15(22)18-6-5-17-14/h5-6,13H,2-4,7-12H2,1H3,(H,18,22). The number of amides is 1. The number of nitrogens with zero attached hydrogens (tertiary/aromatic N) is 4. The minimum atomic E-state index is -0.172. The van der Waals surface area contributed by atoms with Gasteiger partial charge in [-0.1, -0.05) is 6.42 Å². The lowest BCUT2D eigenvalue weighted by atomic mass is 10.1. The fourth-order valence-corrected chi connectivity index (χ4v) is 3.43. The first kappa shape index (κ1) is 16.0. The van der Waals surface area contributed by atoms with E-state index in [1.807, 2.05) is 16.7 Å². The molecule has 1 aromatic heterocycles. The second-order valence-corrected chi connectivity index (χ2v) is 6.33. The van der Waals surface area contributed by atoms with Crippen LogP contribution in [0.4, 0.5) is 5.82 Å². The second-order valence-electron chi connectivity index (χ2n) is 6.33. The van der Waals surface area contributed by atoms with Gasteiger partial charge in [0.2, 0.25) is 5.91 Å². The topological polar surface area (TPSA) is 72.5 Å². The number of likely N-dealkylation sites (tertiary alicyclic amines) is 1. The van der Waals surface area contributed by atoms with Crippen molar-refractivity contribution >= 4 is 11.7 Å². The summed E-state index contributed by atoms with van der Waals surface area (Å²) in [6.07, 6.45) is 6.77. The quantitative estimate of drug-likeness (QED) is 0.867. The molecule has 0 saturated carbocycles. The van der Waals surface area contributed by atoms with E-state index in [1.165, 1.54) is 25.5 Å². The molecule has 0 radical (unpaired) electrons. The molecule has 0 spiro atoms. The zero-order valence-electron chi connectivity index (χ0n) is 13.7. The van der Waals surface area contributed by atoms with E-state index >= 15 is 0 Å². The molecule has 23 heavy (non-hydrogen) atoms. The molecule has 3 heterocycles. The molecular weight excluding hydrogens is 294 g/mol. The van der Waals surface area contributed by atoms with E-state index < -0.39 is 0 Å². The normalized spacial score (nSPS) is 21.3. The molecular formula is C16H25N5O2. The Morgan fingerprint density at radius 3 is 2.48 bits per heavy atom. The number of H-pyrrole nitrogens is 1. The van der Waals surface area contributed by atoms with E-state index in [0.717, 1.165) is 13.1 Å². The first-order valence-corrected chi connectivity index (χ1v) is 8.48. The van der Waals surface area contributed by atoms with Crippen molar-refractivity contribution in [2.45, 2.75) is 32.2 Å². The van der Waals surface area contributed by atoms with Gasteiger partial charge in [-0.25, -0.2) is 4.98 Å². The van der Waals surface area contributed by atoms with E-state index in [2.05, 4.69) is 14.9 Å². The molecule has 1 N–H and O–H groups in total. The van der Waals surface area contributed by atoms with Crippen molar-refractivity contribution in [2.75, 3.05) is 44.2 Å². The van der Waals surface area contributed by atoms with Gasteiger partial charge in [0, 0.05) is 38.6 Å². The average molecular weight is 319 g/mol. The van der Waals surface area contributed by atoms with Gasteiger partial charge in [-0.15, -0.1) is 0 Å². The summed E-state index contributed by atoms with van der Waals surface area (Å²) in [5.41, 5.74) is -0.172. The monoisotopic (exact) mass is 319 g/mol. The number of nitrogens with one attached hydrogen (secondary N) is 1. The first-order valence-electron chi connectivity index (χ1n) is 8.48. The number of piperazine rings is 1. The van der Waals surface area contributed by atoms with Gasteiger partial charge in [-0.05, 0) is 32.9 Å². The van der Waals surface area contributed by atoms with Crippen LogP contribution in [0.5, 0.6) is 0 Å². The fourth-order valence-electron chi connectivity index (χ4n) is 3.43. The third kappa shape index (κ3) is 3.55. The van der Waals surface area contributed by atoms with Gasteiger partial charge in [-0.2, -0.15) is 0 Å². The summed E-state index contributed by atoms with van der Waals surface area (Å²) in [6.45, 7) is 6.66. The predicted molar refractivity (Wildman–Crippen MR) is 88.5 cm³/mol. The number of aromatic nitrogens is 2. The molecule has 7 nitrogen and oxygen atoms in total. The predicted octanol–water partition coefficient (Wildman–Crippen LogP) is 0.293. The summed E-state index contributed by atoms with van der Waals surface area (Å²) in [6, 6.07) is -0.0416. The summed E-state index contributed by atoms with van der Waals surface area (Å²) in [7, 11) is 0. The van der Waals surface area contributed by atoms with E-state index in [9.17, 15) is 9.59 Å². The molecule has 0 bridgehead atoms. The summed E-state index contributed by atoms with van der Waals surface area (Å²) >= 11 is 0. The molecule has 2 aliphatic rings. The van der Waals surface area contributed by atoms with Crippen molar-refractivity contribution in [3.63, 3.8) is 0 Å². The highest BCUT2D eigenvalue weighted by atomic mass is 16.2. The van der Waals surface area contributed by atoms with Crippen LogP contribution in [0.2, 0.25) is 0 Å². The Morgan fingerprint density at radius 1 is 1.13 bits per heavy atom. The molecule has 1 aromatic rings. The second kappa shape index (κ2) is 7.12. The maximum Gasteiger partial charge on any atom is 0.290 e. The summed E-state index contributed by atoms with van der Waals surface area (Å²) in [5.74, 6) is 0.658. The molecule has 2 saturated heterocycles. The summed E-state index contributed by atoms with van der Waals surface area (Å²) < 4.78 is 0. The van der Waals surface area contributed by atoms with E-state index in [0.29, 0.717) is 32.0 Å². The van der Waals surface area contributed by atoms with Crippen LogP contribution in [0.25, 0.3) is 0 Å². The van der Waals surface area contributed by atoms with Crippen LogP contribution >= 0.6 is 0 Å².